The van der Waals surface area contributed by atoms with E-state index in [1.54, 1.807) is 0 Å². The lowest BCUT2D eigenvalue weighted by atomic mass is 9.92. The van der Waals surface area contributed by atoms with Gasteiger partial charge in [-0.1, -0.05) is 13.8 Å². The molecule has 0 aliphatic carbocycles. The third-order valence-electron chi connectivity index (χ3n) is 3.24. The van der Waals surface area contributed by atoms with E-state index < -0.39 is 12.0 Å². The van der Waals surface area contributed by atoms with E-state index in [2.05, 4.69) is 5.32 Å². The highest BCUT2D eigenvalue weighted by Crippen LogP contribution is 2.23. The first kappa shape index (κ1) is 14.0. The molecule has 0 aromatic heterocycles. The molecule has 0 bridgehead atoms. The molecule has 0 radical (unpaired) electrons. The Morgan fingerprint density at radius 3 is 2.76 bits per heavy atom. The van der Waals surface area contributed by atoms with Gasteiger partial charge in [-0.2, -0.15) is 0 Å². The first-order chi connectivity index (χ1) is 8.06. The molecule has 2 unspecified atom stereocenters. The van der Waals surface area contributed by atoms with Crippen LogP contribution in [0.4, 0.5) is 0 Å². The number of amides is 1. The van der Waals surface area contributed by atoms with Crippen LogP contribution >= 0.6 is 0 Å². The van der Waals surface area contributed by atoms with Gasteiger partial charge in [0.15, 0.2) is 0 Å². The van der Waals surface area contributed by atoms with E-state index in [-0.39, 0.29) is 5.91 Å². The van der Waals surface area contributed by atoms with E-state index in [1.807, 2.05) is 13.8 Å². The van der Waals surface area contributed by atoms with Gasteiger partial charge in [-0.15, -0.1) is 0 Å². The number of carbonyl (C=O) groups excluding carboxylic acids is 1. The van der Waals surface area contributed by atoms with Crippen LogP contribution in [0, 0.1) is 5.92 Å². The quantitative estimate of drug-likeness (QED) is 0.696. The van der Waals surface area contributed by atoms with Gasteiger partial charge in [0, 0.05) is 19.5 Å². The number of rotatable bonds is 5. The largest absolute Gasteiger partial charge is 0.480 e. The molecule has 0 saturated carbocycles. The molecule has 0 aromatic carbocycles. The Kier molecular flexibility index (Phi) is 5.41. The first-order valence-electron chi connectivity index (χ1n) is 6.29. The molecule has 1 rings (SSSR count). The summed E-state index contributed by atoms with van der Waals surface area (Å²) < 4.78 is 0. The number of carboxylic acids is 1. The minimum Gasteiger partial charge on any atom is -0.480 e. The lowest BCUT2D eigenvalue weighted by Crippen LogP contribution is -2.50. The number of aliphatic carboxylic acids is 1. The van der Waals surface area contributed by atoms with E-state index >= 15 is 0 Å². The van der Waals surface area contributed by atoms with Gasteiger partial charge in [-0.3, -0.25) is 4.79 Å². The maximum Gasteiger partial charge on any atom is 0.326 e. The van der Waals surface area contributed by atoms with Gasteiger partial charge in [0.25, 0.3) is 0 Å². The summed E-state index contributed by atoms with van der Waals surface area (Å²) in [6.45, 7) is 6.03. The summed E-state index contributed by atoms with van der Waals surface area (Å²) in [4.78, 5) is 24.6. The van der Waals surface area contributed by atoms with E-state index in [0.717, 1.165) is 13.0 Å². The molecular formula is C12H22N2O3. The highest BCUT2D eigenvalue weighted by atomic mass is 16.4. The number of likely N-dealkylation sites (tertiary alicyclic amines) is 1. The van der Waals surface area contributed by atoms with Crippen molar-refractivity contribution >= 4 is 11.9 Å². The predicted octanol–water partition coefficient (Wildman–Crippen LogP) is 0.698. The fourth-order valence-electron chi connectivity index (χ4n) is 2.19. The Hall–Kier alpha value is -1.10. The number of hydrogen-bond donors (Lipinski definition) is 2. The summed E-state index contributed by atoms with van der Waals surface area (Å²) in [5, 5.41) is 12.2. The van der Waals surface area contributed by atoms with E-state index in [9.17, 15) is 9.59 Å². The van der Waals surface area contributed by atoms with Crippen LogP contribution in [-0.4, -0.2) is 47.6 Å². The van der Waals surface area contributed by atoms with Gasteiger partial charge >= 0.3 is 5.97 Å². The number of carboxylic acid groups (broad SMARTS) is 1. The molecule has 17 heavy (non-hydrogen) atoms. The van der Waals surface area contributed by atoms with E-state index in [1.165, 1.54) is 4.90 Å². The summed E-state index contributed by atoms with van der Waals surface area (Å²) in [5.41, 5.74) is 0. The Balaban J connectivity index is 2.54. The Bertz CT molecular complexity index is 281. The monoisotopic (exact) mass is 242 g/mol. The molecule has 2 atom stereocenters. The van der Waals surface area contributed by atoms with Crippen LogP contribution < -0.4 is 5.32 Å². The fraction of sp³-hybridized carbons (Fsp3) is 0.833. The Morgan fingerprint density at radius 1 is 1.47 bits per heavy atom. The molecule has 0 aromatic rings. The Morgan fingerprint density at radius 2 is 2.18 bits per heavy atom. The van der Waals surface area contributed by atoms with Gasteiger partial charge in [-0.05, 0) is 25.3 Å². The number of hydrogen-bond acceptors (Lipinski definition) is 3. The molecule has 1 aliphatic rings. The molecule has 1 aliphatic heterocycles. The summed E-state index contributed by atoms with van der Waals surface area (Å²) in [6.07, 6.45) is 1.85. The van der Waals surface area contributed by atoms with E-state index in [0.29, 0.717) is 31.8 Å². The topological polar surface area (TPSA) is 69.6 Å². The molecule has 1 heterocycles. The van der Waals surface area contributed by atoms with Crippen LogP contribution in [0.2, 0.25) is 0 Å². The SMILES string of the molecule is CCNCCC(=O)N1CCC(C)CC1C(=O)O. The summed E-state index contributed by atoms with van der Waals surface area (Å²) in [6, 6.07) is -0.632. The van der Waals surface area contributed by atoms with E-state index in [4.69, 9.17) is 5.11 Å². The molecule has 2 N–H and O–H groups in total. The van der Waals surface area contributed by atoms with Crippen LogP contribution in [0.3, 0.4) is 0 Å². The zero-order valence-electron chi connectivity index (χ0n) is 10.6. The lowest BCUT2D eigenvalue weighted by Gasteiger charge is -2.36. The zero-order chi connectivity index (χ0) is 12.8. The van der Waals surface area contributed by atoms with Crippen molar-refractivity contribution in [2.24, 2.45) is 5.92 Å². The fourth-order valence-corrected chi connectivity index (χ4v) is 2.19. The zero-order valence-corrected chi connectivity index (χ0v) is 10.6. The standard InChI is InChI=1S/C12H22N2O3/c1-3-13-6-4-11(15)14-7-5-9(2)8-10(14)12(16)17/h9-10,13H,3-8H2,1-2H3,(H,16,17). The number of nitrogens with zero attached hydrogens (tertiary/aromatic N) is 1. The van der Waals surface area contributed by atoms with Gasteiger partial charge in [0.05, 0.1) is 0 Å². The van der Waals surface area contributed by atoms with Crippen molar-refractivity contribution in [2.45, 2.75) is 39.2 Å². The molecule has 0 spiro atoms. The maximum absolute atomic E-state index is 11.9. The van der Waals surface area contributed by atoms with Crippen LogP contribution in [0.25, 0.3) is 0 Å². The third-order valence-corrected chi connectivity index (χ3v) is 3.24. The third kappa shape index (κ3) is 4.00. The van der Waals surface area contributed by atoms with Crippen LogP contribution in [0.1, 0.15) is 33.1 Å². The average Bonchev–Trinajstić information content (AvgIpc) is 2.29. The lowest BCUT2D eigenvalue weighted by molar-refractivity contribution is -0.153. The Labute approximate surface area is 102 Å². The van der Waals surface area contributed by atoms with Gasteiger partial charge in [0.2, 0.25) is 5.91 Å². The average molecular weight is 242 g/mol. The van der Waals surface area contributed by atoms with Gasteiger partial charge < -0.3 is 15.3 Å². The smallest absolute Gasteiger partial charge is 0.326 e. The molecule has 5 heteroatoms. The summed E-state index contributed by atoms with van der Waals surface area (Å²) >= 11 is 0. The minimum atomic E-state index is -0.881. The molecule has 1 amide bonds. The molecule has 1 fully saturated rings. The predicted molar refractivity (Wildman–Crippen MR) is 64.7 cm³/mol. The maximum atomic E-state index is 11.9. The number of nitrogens with one attached hydrogen (secondary N) is 1. The normalized spacial score (nSPS) is 24.7. The molecular weight excluding hydrogens is 220 g/mol. The van der Waals surface area contributed by atoms with Crippen molar-refractivity contribution in [3.05, 3.63) is 0 Å². The summed E-state index contributed by atoms with van der Waals surface area (Å²) in [5.74, 6) is -0.549. The van der Waals surface area contributed by atoms with Crippen molar-refractivity contribution < 1.29 is 14.7 Å². The first-order valence-corrected chi connectivity index (χ1v) is 6.29. The molecule has 5 nitrogen and oxygen atoms in total. The van der Waals surface area contributed by atoms with Gasteiger partial charge in [0.1, 0.15) is 6.04 Å². The van der Waals surface area contributed by atoms with Crippen LogP contribution in [0.15, 0.2) is 0 Å². The van der Waals surface area contributed by atoms with Crippen molar-refractivity contribution in [1.82, 2.24) is 10.2 Å². The second-order valence-electron chi connectivity index (χ2n) is 4.67. The highest BCUT2D eigenvalue weighted by molar-refractivity contribution is 5.84. The second kappa shape index (κ2) is 6.59. The minimum absolute atomic E-state index is 0.0507. The summed E-state index contributed by atoms with van der Waals surface area (Å²) in [7, 11) is 0. The van der Waals surface area contributed by atoms with Crippen molar-refractivity contribution in [3.63, 3.8) is 0 Å². The van der Waals surface area contributed by atoms with Crippen molar-refractivity contribution in [3.8, 4) is 0 Å². The molecule has 1 saturated heterocycles. The van der Waals surface area contributed by atoms with Crippen LogP contribution in [-0.2, 0) is 9.59 Å². The molecule has 98 valence electrons. The number of carbonyl (C=O) groups is 2. The van der Waals surface area contributed by atoms with Crippen molar-refractivity contribution in [1.29, 1.82) is 0 Å². The number of piperidine rings is 1. The van der Waals surface area contributed by atoms with Gasteiger partial charge in [-0.25, -0.2) is 4.79 Å². The van der Waals surface area contributed by atoms with Crippen molar-refractivity contribution in [2.75, 3.05) is 19.6 Å². The second-order valence-corrected chi connectivity index (χ2v) is 4.67. The van der Waals surface area contributed by atoms with Crippen LogP contribution in [0.5, 0.6) is 0 Å². The highest BCUT2D eigenvalue weighted by Gasteiger charge is 2.34.